The number of hydrogen-bond donors (Lipinski definition) is 0. The molecule has 0 aromatic heterocycles. The van der Waals surface area contributed by atoms with Crippen molar-refractivity contribution in [2.75, 3.05) is 24.7 Å². The Balaban J connectivity index is 1.32. The average molecular weight is 574 g/mol. The number of nitrogens with zero attached hydrogens (tertiary/aromatic N) is 3. The highest BCUT2D eigenvalue weighted by molar-refractivity contribution is 5.94. The first-order chi connectivity index (χ1) is 20.0. The van der Waals surface area contributed by atoms with Gasteiger partial charge in [0.25, 0.3) is 0 Å². The van der Waals surface area contributed by atoms with E-state index >= 15 is 0 Å². The summed E-state index contributed by atoms with van der Waals surface area (Å²) in [6.45, 7) is 6.90. The van der Waals surface area contributed by atoms with Crippen LogP contribution in [0, 0.1) is 5.82 Å². The maximum Gasteiger partial charge on any atom is 0.410 e. The van der Waals surface area contributed by atoms with Crippen LogP contribution in [-0.2, 0) is 27.4 Å². The third-order valence-electron chi connectivity index (χ3n) is 7.64. The number of benzene rings is 3. The predicted molar refractivity (Wildman–Crippen MR) is 156 cm³/mol. The lowest BCUT2D eigenvalue weighted by Crippen LogP contribution is -2.57. The van der Waals surface area contributed by atoms with E-state index in [1.807, 2.05) is 62.1 Å². The van der Waals surface area contributed by atoms with Gasteiger partial charge in [0.1, 0.15) is 23.6 Å². The fraction of sp³-hybridized carbons (Fsp3) is 0.364. The summed E-state index contributed by atoms with van der Waals surface area (Å²) in [4.78, 5) is 45.0. The Morgan fingerprint density at radius 2 is 1.57 bits per heavy atom. The minimum atomic E-state index is -0.892. The van der Waals surface area contributed by atoms with Crippen LogP contribution in [-0.4, -0.2) is 58.7 Å². The number of hydrogen-bond acceptors (Lipinski definition) is 6. The van der Waals surface area contributed by atoms with Crippen LogP contribution in [0.15, 0.2) is 78.9 Å². The molecular formula is C33H36FN3O5. The van der Waals surface area contributed by atoms with Gasteiger partial charge < -0.3 is 24.2 Å². The van der Waals surface area contributed by atoms with Gasteiger partial charge in [-0.1, -0.05) is 42.5 Å². The van der Waals surface area contributed by atoms with Gasteiger partial charge in [0, 0.05) is 25.3 Å². The molecule has 0 unspecified atom stereocenters. The zero-order chi connectivity index (χ0) is 29.9. The molecule has 0 radical (unpaired) electrons. The van der Waals surface area contributed by atoms with Crippen LogP contribution in [0.25, 0.3) is 0 Å². The van der Waals surface area contributed by atoms with Crippen LogP contribution in [0.5, 0.6) is 0 Å². The molecule has 3 aromatic rings. The molecule has 5 rings (SSSR count). The molecule has 2 heterocycles. The highest BCUT2D eigenvalue weighted by atomic mass is 19.1. The molecule has 3 aromatic carbocycles. The first-order valence-corrected chi connectivity index (χ1v) is 14.1. The number of ether oxygens (including phenoxy) is 2. The SMILES string of the molecule is CC(C)(C)OC(=O)c1cccc(CN2CN(c3ccc(F)cc3)C3(CCN(C(=O)OCc4ccccc4)CC3)C2=O)c1. The zero-order valence-electron chi connectivity index (χ0n) is 24.2. The van der Waals surface area contributed by atoms with Crippen LogP contribution in [0.1, 0.15) is 55.1 Å². The molecule has 9 heteroatoms. The molecule has 2 aliphatic rings. The van der Waals surface area contributed by atoms with E-state index in [0.29, 0.717) is 38.2 Å². The Morgan fingerprint density at radius 3 is 2.24 bits per heavy atom. The predicted octanol–water partition coefficient (Wildman–Crippen LogP) is 5.76. The van der Waals surface area contributed by atoms with Gasteiger partial charge in [-0.15, -0.1) is 0 Å². The van der Waals surface area contributed by atoms with Crippen molar-refractivity contribution in [2.24, 2.45) is 0 Å². The third kappa shape index (κ3) is 6.40. The highest BCUT2D eigenvalue weighted by Crippen LogP contribution is 2.40. The zero-order valence-corrected chi connectivity index (χ0v) is 24.2. The lowest BCUT2D eigenvalue weighted by molar-refractivity contribution is -0.134. The lowest BCUT2D eigenvalue weighted by Gasteiger charge is -2.42. The Morgan fingerprint density at radius 1 is 0.905 bits per heavy atom. The van der Waals surface area contributed by atoms with Crippen molar-refractivity contribution >= 4 is 23.7 Å². The Labute approximate surface area is 245 Å². The molecule has 0 atom stereocenters. The highest BCUT2D eigenvalue weighted by Gasteiger charge is 2.54. The van der Waals surface area contributed by atoms with Crippen molar-refractivity contribution in [3.8, 4) is 0 Å². The molecule has 1 spiro atoms. The average Bonchev–Trinajstić information content (AvgIpc) is 3.22. The second-order valence-electron chi connectivity index (χ2n) is 11.8. The number of amides is 2. The fourth-order valence-corrected chi connectivity index (χ4v) is 5.56. The molecule has 0 bridgehead atoms. The summed E-state index contributed by atoms with van der Waals surface area (Å²) < 4.78 is 24.8. The second kappa shape index (κ2) is 11.8. The first kappa shape index (κ1) is 29.1. The minimum absolute atomic E-state index is 0.0631. The third-order valence-corrected chi connectivity index (χ3v) is 7.64. The molecule has 2 aliphatic heterocycles. The van der Waals surface area contributed by atoms with Crippen LogP contribution in [0.4, 0.5) is 14.9 Å². The Hall–Kier alpha value is -4.40. The van der Waals surface area contributed by atoms with Gasteiger partial charge in [-0.3, -0.25) is 4.79 Å². The van der Waals surface area contributed by atoms with Crippen LogP contribution in [0.3, 0.4) is 0 Å². The second-order valence-corrected chi connectivity index (χ2v) is 11.8. The number of likely N-dealkylation sites (tertiary alicyclic amines) is 1. The molecule has 2 fully saturated rings. The molecule has 8 nitrogen and oxygen atoms in total. The van der Waals surface area contributed by atoms with E-state index in [0.717, 1.165) is 16.8 Å². The fourth-order valence-electron chi connectivity index (χ4n) is 5.56. The van der Waals surface area contributed by atoms with Crippen molar-refractivity contribution in [3.63, 3.8) is 0 Å². The summed E-state index contributed by atoms with van der Waals surface area (Å²) in [6.07, 6.45) is 0.388. The summed E-state index contributed by atoms with van der Waals surface area (Å²) in [5.41, 5.74) is 1.33. The van der Waals surface area contributed by atoms with E-state index in [9.17, 15) is 18.8 Å². The molecule has 2 amide bonds. The number of anilines is 1. The summed E-state index contributed by atoms with van der Waals surface area (Å²) in [6, 6.07) is 22.7. The van der Waals surface area contributed by atoms with E-state index in [1.165, 1.54) is 12.1 Å². The van der Waals surface area contributed by atoms with E-state index in [4.69, 9.17) is 9.47 Å². The number of rotatable bonds is 6. The molecule has 220 valence electrons. The number of carbonyl (C=O) groups excluding carboxylic acids is 3. The smallest absolute Gasteiger partial charge is 0.410 e. The molecule has 42 heavy (non-hydrogen) atoms. The number of piperidine rings is 1. The van der Waals surface area contributed by atoms with Gasteiger partial charge in [0.05, 0.1) is 12.2 Å². The van der Waals surface area contributed by atoms with Crippen molar-refractivity contribution in [1.82, 2.24) is 9.80 Å². The molecule has 0 N–H and O–H groups in total. The molecule has 2 saturated heterocycles. The Bertz CT molecular complexity index is 1430. The summed E-state index contributed by atoms with van der Waals surface area (Å²) in [5.74, 6) is -0.843. The molecule has 0 aliphatic carbocycles. The van der Waals surface area contributed by atoms with Crippen LogP contribution in [0.2, 0.25) is 0 Å². The monoisotopic (exact) mass is 573 g/mol. The summed E-state index contributed by atoms with van der Waals surface area (Å²) >= 11 is 0. The van der Waals surface area contributed by atoms with E-state index in [-0.39, 0.29) is 24.9 Å². The quantitative estimate of drug-likeness (QED) is 0.349. The molecular weight excluding hydrogens is 537 g/mol. The van der Waals surface area contributed by atoms with Gasteiger partial charge in [-0.05, 0) is 81.1 Å². The first-order valence-electron chi connectivity index (χ1n) is 14.1. The van der Waals surface area contributed by atoms with E-state index in [2.05, 4.69) is 0 Å². The number of esters is 1. The van der Waals surface area contributed by atoms with Gasteiger partial charge in [-0.2, -0.15) is 0 Å². The van der Waals surface area contributed by atoms with Gasteiger partial charge in [0.2, 0.25) is 5.91 Å². The van der Waals surface area contributed by atoms with Crippen molar-refractivity contribution in [3.05, 3.63) is 101 Å². The normalized spacial score (nSPS) is 16.6. The van der Waals surface area contributed by atoms with Crippen molar-refractivity contribution in [2.45, 2.75) is 57.9 Å². The number of carbonyl (C=O) groups is 3. The standard InChI is InChI=1S/C33H36FN3O5/c1-32(2,3)42-29(38)26-11-7-10-25(20-26)21-36-23-37(28-14-12-27(34)13-15-28)33(30(36)39)16-18-35(19-17-33)31(40)41-22-24-8-5-4-6-9-24/h4-15,20H,16-19,21-23H2,1-3H3. The van der Waals surface area contributed by atoms with Gasteiger partial charge in [-0.25, -0.2) is 14.0 Å². The largest absolute Gasteiger partial charge is 0.456 e. The summed E-state index contributed by atoms with van der Waals surface area (Å²) in [5, 5.41) is 0. The van der Waals surface area contributed by atoms with Gasteiger partial charge >= 0.3 is 12.1 Å². The van der Waals surface area contributed by atoms with Crippen LogP contribution >= 0.6 is 0 Å². The Kier molecular flexibility index (Phi) is 8.20. The van der Waals surface area contributed by atoms with E-state index < -0.39 is 23.2 Å². The lowest BCUT2D eigenvalue weighted by atomic mass is 9.85. The topological polar surface area (TPSA) is 79.4 Å². The van der Waals surface area contributed by atoms with Crippen molar-refractivity contribution in [1.29, 1.82) is 0 Å². The van der Waals surface area contributed by atoms with Crippen molar-refractivity contribution < 1.29 is 28.2 Å². The summed E-state index contributed by atoms with van der Waals surface area (Å²) in [7, 11) is 0. The maximum atomic E-state index is 14.1. The number of halogens is 1. The van der Waals surface area contributed by atoms with E-state index in [1.54, 1.807) is 40.1 Å². The maximum absolute atomic E-state index is 14.1. The molecule has 0 saturated carbocycles. The van der Waals surface area contributed by atoms with Gasteiger partial charge in [0.15, 0.2) is 0 Å². The van der Waals surface area contributed by atoms with Crippen LogP contribution < -0.4 is 4.90 Å². The minimum Gasteiger partial charge on any atom is -0.456 e.